The Morgan fingerprint density at radius 1 is 1.29 bits per heavy atom. The van der Waals surface area contributed by atoms with Crippen molar-refractivity contribution >= 4 is 23.3 Å². The largest absolute Gasteiger partial charge is 0.380 e. The molecule has 0 aromatic heterocycles. The molecule has 24 heavy (non-hydrogen) atoms. The lowest BCUT2D eigenvalue weighted by Crippen LogP contribution is -2.56. The molecule has 132 valence electrons. The fraction of sp³-hybridized carbons (Fsp3) is 0.579. The van der Waals surface area contributed by atoms with Gasteiger partial charge in [0.2, 0.25) is 0 Å². The van der Waals surface area contributed by atoms with E-state index in [2.05, 4.69) is 5.32 Å². The summed E-state index contributed by atoms with van der Waals surface area (Å²) >= 11 is 5.81. The number of carbonyl (C=O) groups excluding carboxylic acids is 2. The molecule has 0 aliphatic heterocycles. The van der Waals surface area contributed by atoms with E-state index in [1.165, 1.54) is 0 Å². The van der Waals surface area contributed by atoms with Crippen LogP contribution in [0.2, 0.25) is 5.02 Å². The van der Waals surface area contributed by atoms with Gasteiger partial charge in [0.25, 0.3) is 5.91 Å². The third-order valence-electron chi connectivity index (χ3n) is 5.02. The summed E-state index contributed by atoms with van der Waals surface area (Å²) < 4.78 is 0. The number of aliphatic hydroxyl groups is 1. The van der Waals surface area contributed by atoms with Crippen molar-refractivity contribution in [2.24, 2.45) is 17.8 Å². The lowest BCUT2D eigenvalue weighted by molar-refractivity contribution is -0.155. The van der Waals surface area contributed by atoms with Gasteiger partial charge in [-0.25, -0.2) is 0 Å². The topological polar surface area (TPSA) is 66.4 Å². The van der Waals surface area contributed by atoms with Crippen LogP contribution < -0.4 is 5.32 Å². The molecule has 1 saturated carbocycles. The SMILES string of the molecule is CC1CCC(C(C)C)C(O)(C(=O)NCC(=O)c2ccc(Cl)cc2)C1. The van der Waals surface area contributed by atoms with E-state index in [1.54, 1.807) is 24.3 Å². The Labute approximate surface area is 148 Å². The molecule has 1 amide bonds. The number of Topliss-reactive ketones (excluding diaryl/α,β-unsaturated/α-hetero) is 1. The monoisotopic (exact) mass is 351 g/mol. The molecule has 4 nitrogen and oxygen atoms in total. The molecule has 1 fully saturated rings. The van der Waals surface area contributed by atoms with E-state index in [9.17, 15) is 14.7 Å². The molecule has 5 heteroatoms. The number of hydrogen-bond donors (Lipinski definition) is 2. The van der Waals surface area contributed by atoms with Gasteiger partial charge in [-0.05, 0) is 54.9 Å². The number of halogens is 1. The van der Waals surface area contributed by atoms with Crippen LogP contribution in [-0.4, -0.2) is 28.9 Å². The predicted molar refractivity (Wildman–Crippen MR) is 95.1 cm³/mol. The highest BCUT2D eigenvalue weighted by atomic mass is 35.5. The van der Waals surface area contributed by atoms with Gasteiger partial charge in [-0.15, -0.1) is 0 Å². The molecule has 2 N–H and O–H groups in total. The van der Waals surface area contributed by atoms with Gasteiger partial charge in [-0.3, -0.25) is 9.59 Å². The number of amides is 1. The zero-order valence-corrected chi connectivity index (χ0v) is 15.3. The molecule has 1 aromatic carbocycles. The number of benzene rings is 1. The highest BCUT2D eigenvalue weighted by Gasteiger charge is 2.48. The quantitative estimate of drug-likeness (QED) is 0.798. The molecule has 0 saturated heterocycles. The predicted octanol–water partition coefficient (Wildman–Crippen LogP) is 3.46. The van der Waals surface area contributed by atoms with E-state index >= 15 is 0 Å². The number of rotatable bonds is 5. The number of carbonyl (C=O) groups is 2. The second-order valence-electron chi connectivity index (χ2n) is 7.27. The Hall–Kier alpha value is -1.39. The zero-order valence-electron chi connectivity index (χ0n) is 14.5. The van der Waals surface area contributed by atoms with Crippen molar-refractivity contribution in [2.45, 2.75) is 45.6 Å². The fourth-order valence-electron chi connectivity index (χ4n) is 3.68. The van der Waals surface area contributed by atoms with Crippen LogP contribution in [0.5, 0.6) is 0 Å². The lowest BCUT2D eigenvalue weighted by atomic mass is 9.66. The molecule has 1 aromatic rings. The summed E-state index contributed by atoms with van der Waals surface area (Å²) in [5.41, 5.74) is -0.907. The average Bonchev–Trinajstić information content (AvgIpc) is 2.52. The third kappa shape index (κ3) is 4.17. The van der Waals surface area contributed by atoms with Gasteiger partial charge < -0.3 is 10.4 Å². The second-order valence-corrected chi connectivity index (χ2v) is 7.71. The Morgan fingerprint density at radius 3 is 2.50 bits per heavy atom. The van der Waals surface area contributed by atoms with Crippen molar-refractivity contribution < 1.29 is 14.7 Å². The summed E-state index contributed by atoms with van der Waals surface area (Å²) in [7, 11) is 0. The first-order valence-electron chi connectivity index (χ1n) is 8.53. The third-order valence-corrected chi connectivity index (χ3v) is 5.27. The normalized spacial score (nSPS) is 27.1. The summed E-state index contributed by atoms with van der Waals surface area (Å²) in [4.78, 5) is 24.8. The van der Waals surface area contributed by atoms with Gasteiger partial charge in [0.1, 0.15) is 5.60 Å². The van der Waals surface area contributed by atoms with Crippen LogP contribution in [0.3, 0.4) is 0 Å². The maximum atomic E-state index is 12.6. The van der Waals surface area contributed by atoms with Gasteiger partial charge in [0.15, 0.2) is 5.78 Å². The van der Waals surface area contributed by atoms with E-state index in [-0.39, 0.29) is 24.2 Å². The Balaban J connectivity index is 2.04. The number of hydrogen-bond acceptors (Lipinski definition) is 3. The maximum absolute atomic E-state index is 12.6. The Bertz CT molecular complexity index is 599. The Morgan fingerprint density at radius 2 is 1.92 bits per heavy atom. The van der Waals surface area contributed by atoms with Crippen LogP contribution in [0.25, 0.3) is 0 Å². The first-order chi connectivity index (χ1) is 11.2. The first-order valence-corrected chi connectivity index (χ1v) is 8.91. The first kappa shape index (κ1) is 18.9. The maximum Gasteiger partial charge on any atom is 0.252 e. The summed E-state index contributed by atoms with van der Waals surface area (Å²) in [6, 6.07) is 6.54. The molecule has 0 heterocycles. The fourth-order valence-corrected chi connectivity index (χ4v) is 3.81. The van der Waals surface area contributed by atoms with Gasteiger partial charge >= 0.3 is 0 Å². The minimum atomic E-state index is -1.40. The molecule has 2 rings (SSSR count). The molecule has 3 atom stereocenters. The summed E-state index contributed by atoms with van der Waals surface area (Å²) in [6.45, 7) is 5.98. The number of ketones is 1. The van der Waals surface area contributed by atoms with E-state index < -0.39 is 11.5 Å². The van der Waals surface area contributed by atoms with E-state index in [4.69, 9.17) is 11.6 Å². The van der Waals surface area contributed by atoms with Crippen molar-refractivity contribution in [1.82, 2.24) is 5.32 Å². The Kier molecular flexibility index (Phi) is 6.05. The van der Waals surface area contributed by atoms with Gasteiger partial charge in [0.05, 0.1) is 6.54 Å². The van der Waals surface area contributed by atoms with Crippen molar-refractivity contribution in [3.63, 3.8) is 0 Å². The second kappa shape index (κ2) is 7.66. The molecular formula is C19H26ClNO3. The number of nitrogens with one attached hydrogen (secondary N) is 1. The molecule has 3 unspecified atom stereocenters. The molecular weight excluding hydrogens is 326 g/mol. The molecule has 0 spiro atoms. The van der Waals surface area contributed by atoms with Crippen molar-refractivity contribution in [2.75, 3.05) is 6.54 Å². The van der Waals surface area contributed by atoms with E-state index in [1.807, 2.05) is 20.8 Å². The van der Waals surface area contributed by atoms with Crippen LogP contribution in [0.15, 0.2) is 24.3 Å². The minimum absolute atomic E-state index is 0.0840. The van der Waals surface area contributed by atoms with Crippen molar-refractivity contribution in [1.29, 1.82) is 0 Å². The van der Waals surface area contributed by atoms with Crippen LogP contribution >= 0.6 is 11.6 Å². The summed E-state index contributed by atoms with van der Waals surface area (Å²) in [6.07, 6.45) is 2.28. The lowest BCUT2D eigenvalue weighted by Gasteiger charge is -2.43. The van der Waals surface area contributed by atoms with Crippen LogP contribution in [0, 0.1) is 17.8 Å². The highest BCUT2D eigenvalue weighted by molar-refractivity contribution is 6.30. The average molecular weight is 352 g/mol. The van der Waals surface area contributed by atoms with Crippen LogP contribution in [0.1, 0.15) is 50.4 Å². The summed E-state index contributed by atoms with van der Waals surface area (Å²) in [5, 5.41) is 14.2. The minimum Gasteiger partial charge on any atom is -0.380 e. The van der Waals surface area contributed by atoms with Gasteiger partial charge in [-0.2, -0.15) is 0 Å². The van der Waals surface area contributed by atoms with E-state index in [0.717, 1.165) is 12.8 Å². The smallest absolute Gasteiger partial charge is 0.252 e. The van der Waals surface area contributed by atoms with Crippen LogP contribution in [0.4, 0.5) is 0 Å². The van der Waals surface area contributed by atoms with Crippen molar-refractivity contribution in [3.05, 3.63) is 34.9 Å². The highest BCUT2D eigenvalue weighted by Crippen LogP contribution is 2.41. The summed E-state index contributed by atoms with van der Waals surface area (Å²) in [5.74, 6) is -0.217. The molecule has 0 radical (unpaired) electrons. The van der Waals surface area contributed by atoms with Gasteiger partial charge in [0, 0.05) is 10.6 Å². The zero-order chi connectivity index (χ0) is 17.9. The molecule has 0 bridgehead atoms. The van der Waals surface area contributed by atoms with Crippen LogP contribution in [-0.2, 0) is 4.79 Å². The van der Waals surface area contributed by atoms with E-state index in [0.29, 0.717) is 22.9 Å². The van der Waals surface area contributed by atoms with Crippen molar-refractivity contribution in [3.8, 4) is 0 Å². The van der Waals surface area contributed by atoms with Gasteiger partial charge in [-0.1, -0.05) is 38.8 Å². The molecule has 1 aliphatic carbocycles. The molecule has 1 aliphatic rings. The standard InChI is InChI=1S/C19H26ClNO3/c1-12(2)16-9-4-13(3)10-19(16,24)18(23)21-11-17(22)14-5-7-15(20)8-6-14/h5-8,12-13,16,24H,4,9-11H2,1-3H3,(H,21,23).